The number of aliphatic hydroxyl groups is 27. The van der Waals surface area contributed by atoms with Gasteiger partial charge in [0.2, 0.25) is 11.8 Å². The zero-order valence-corrected chi connectivity index (χ0v) is 56.2. The third-order valence-corrected chi connectivity index (χ3v) is 19.5. The van der Waals surface area contributed by atoms with Gasteiger partial charge >= 0.3 is 0 Å². The Morgan fingerprint density at radius 3 is 1.06 bits per heavy atom. The predicted molar refractivity (Wildman–Crippen MR) is 320 cm³/mol. The van der Waals surface area contributed by atoms with E-state index >= 15 is 0 Å². The van der Waals surface area contributed by atoms with E-state index in [0.29, 0.717) is 0 Å². The lowest BCUT2D eigenvalue weighted by Crippen LogP contribution is -2.70. The highest BCUT2D eigenvalue weighted by atomic mass is 16.8. The van der Waals surface area contributed by atoms with Gasteiger partial charge in [-0.2, -0.15) is 0 Å². The molecule has 9 aliphatic heterocycles. The molecule has 0 aromatic carbocycles. The van der Waals surface area contributed by atoms with Crippen molar-refractivity contribution in [1.82, 2.24) is 10.6 Å². The molecule has 0 aliphatic carbocycles. The number of nitrogens with one attached hydrogen (secondary N) is 2. The number of hydrogen-bond acceptors (Lipinski definition) is 46. The van der Waals surface area contributed by atoms with E-state index in [1.54, 1.807) is 0 Å². The molecule has 9 heterocycles. The maximum Gasteiger partial charge on any atom is 0.217 e. The van der Waals surface area contributed by atoms with Gasteiger partial charge in [-0.15, -0.1) is 0 Å². The first-order valence-corrected chi connectivity index (χ1v) is 33.7. The number of hydrogen-bond donors (Lipinski definition) is 29. The van der Waals surface area contributed by atoms with Crippen LogP contribution >= 0.6 is 0 Å². The summed E-state index contributed by atoms with van der Waals surface area (Å²) in [5, 5.41) is 301. The van der Waals surface area contributed by atoms with Gasteiger partial charge in [0.25, 0.3) is 0 Å². The summed E-state index contributed by atoms with van der Waals surface area (Å²) in [6, 6.07) is -3.56. The molecule has 0 unspecified atom stereocenters. The largest absolute Gasteiger partial charge is 0.394 e. The first kappa shape index (κ1) is 87.2. The smallest absolute Gasteiger partial charge is 0.217 e. The Bertz CT molecular complexity index is 2710. The topological polar surface area (TPSA) is 761 Å². The van der Waals surface area contributed by atoms with Crippen LogP contribution in [-0.4, -0.2) is 485 Å². The Labute approximate surface area is 598 Å². The van der Waals surface area contributed by atoms with Crippen LogP contribution in [0, 0.1) is 0 Å². The van der Waals surface area contributed by atoms with E-state index in [1.807, 2.05) is 0 Å². The molecule has 0 spiro atoms. The van der Waals surface area contributed by atoms with Crippen LogP contribution in [0.25, 0.3) is 0 Å². The van der Waals surface area contributed by atoms with Crippen LogP contribution in [-0.2, 0) is 90.1 Å². The molecule has 48 heteroatoms. The van der Waals surface area contributed by atoms with Gasteiger partial charge in [-0.05, 0) is 0 Å². The predicted octanol–water partition coefficient (Wildman–Crippen LogP) is -20.3. The summed E-state index contributed by atoms with van der Waals surface area (Å²) >= 11 is 0. The van der Waals surface area contributed by atoms with Gasteiger partial charge < -0.3 is 229 Å². The van der Waals surface area contributed by atoms with E-state index < -0.39 is 348 Å². The molecule has 9 fully saturated rings. The van der Waals surface area contributed by atoms with E-state index in [0.717, 1.165) is 13.8 Å². The van der Waals surface area contributed by atoms with Crippen molar-refractivity contribution in [2.24, 2.45) is 0 Å². The van der Waals surface area contributed by atoms with E-state index in [1.165, 1.54) is 0 Å². The minimum Gasteiger partial charge on any atom is -0.394 e. The number of aliphatic hydroxyl groups excluding tert-OH is 27. The molecule has 29 N–H and O–H groups in total. The molecule has 616 valence electrons. The molecule has 0 aromatic rings. The molecular weight excluding hydrogens is 1460 g/mol. The average molecular weight is 1560 g/mol. The van der Waals surface area contributed by atoms with E-state index in [4.69, 9.17) is 80.5 Å². The molecule has 9 aliphatic rings. The second kappa shape index (κ2) is 37.9. The van der Waals surface area contributed by atoms with Crippen LogP contribution in [0.15, 0.2) is 0 Å². The molecule has 9 saturated heterocycles. The Kier molecular flexibility index (Phi) is 31.1. The first-order chi connectivity index (χ1) is 50.2. The molecule has 9 rings (SSSR count). The molecule has 45 atom stereocenters. The number of amides is 2. The molecule has 0 aromatic heterocycles. The average Bonchev–Trinajstić information content (AvgIpc) is 0.850. The van der Waals surface area contributed by atoms with Gasteiger partial charge in [0.1, 0.15) is 220 Å². The minimum absolute atomic E-state index is 0.784. The first-order valence-electron chi connectivity index (χ1n) is 33.7. The summed E-state index contributed by atoms with van der Waals surface area (Å²) in [7, 11) is 0. The summed E-state index contributed by atoms with van der Waals surface area (Å²) in [5.74, 6) is -1.72. The summed E-state index contributed by atoms with van der Waals surface area (Å²) in [6.07, 6.45) is -90.4. The standard InChI is InChI=1S/C58H98N2O46/c1-12(68)59-23-31(77)44(19(8-66)92-50(23)89)101-51-24(60-13(2)69)32(78)45(20(9-67)97-51)102-56-42(88)47(104-57-48(35(81)27(73)17(6-64)95-57)105-54-39(85)34(80)26(72)16(5-63)94-54)30(76)22(99-56)11-91-53-41(87)46(29(75)21(98-53)10-90-52-38(84)33(79)25(71)15(4-62)93-52)103-58-49(36(82)28(74)18(7-65)96-58)106-55-40(86)37(83)43(100-55)14(70)3-61/h14-58,61-67,70-89H,3-11H2,1-2H3,(H,59,68)(H,60,69)/t14-,15-,16-,17-,18-,19-,20-,21-,22-,23-,24-,25-,26-,27-,28-,29-,30-,31-,32-,33+,34+,35+,36+,37-,38+,39-,40-,41+,42+,43+,44-,45-,46+,47+,48+,49+,50-,51+,52+,53+,54-,55-,56+,57-,58-/m1/s1. The number of carbonyl (C=O) groups excluding carboxylic acids is 2. The molecule has 106 heavy (non-hydrogen) atoms. The minimum atomic E-state index is -2.55. The molecule has 0 bridgehead atoms. The molecule has 0 radical (unpaired) electrons. The molecule has 2 amide bonds. The lowest BCUT2D eigenvalue weighted by Gasteiger charge is -2.51. The van der Waals surface area contributed by atoms with Crippen molar-refractivity contribution in [3.63, 3.8) is 0 Å². The van der Waals surface area contributed by atoms with Crippen LogP contribution in [0.2, 0.25) is 0 Å². The Balaban J connectivity index is 1.06. The number of rotatable bonds is 28. The summed E-state index contributed by atoms with van der Waals surface area (Å²) in [4.78, 5) is 25.0. The quantitative estimate of drug-likeness (QED) is 0.0346. The van der Waals surface area contributed by atoms with Crippen molar-refractivity contribution < 1.29 is 228 Å². The molecule has 48 nitrogen and oxygen atoms in total. The molecular formula is C58H98N2O46. The highest BCUT2D eigenvalue weighted by Gasteiger charge is 2.61. The van der Waals surface area contributed by atoms with Crippen molar-refractivity contribution in [3.05, 3.63) is 0 Å². The van der Waals surface area contributed by atoms with Crippen molar-refractivity contribution in [2.45, 2.75) is 290 Å². The highest BCUT2D eigenvalue weighted by Crippen LogP contribution is 2.40. The zero-order valence-electron chi connectivity index (χ0n) is 56.2. The number of ether oxygens (including phenoxy) is 17. The SMILES string of the molecule is CC(=O)N[C@@H]1[C@@H](O)[C@H](O[C@@H]2O[C@H](CO)[C@@H](O[C@@H]3O[C@H](CO[C@H]4O[C@H](CO[C@H]5O[C@H](CO)[C@@H](O)[C@H](O)[C@@H]5O)[C@@H](O)[C@H](O[C@H]5O[C@H](CO)[C@@H](O)[C@H](O)[C@@H]5O[C@H]5O[C@@H]([C@H](O)CO)[C@H](O)[C@H]5O)[C@@H]4O)[C@@H](O)[C@H](O[C@H]4O[C@H](CO)[C@@H](O)[C@H](O)[C@@H]4O[C@H]4O[C@H](CO)[C@@H](O)[C@H](O)[C@H]4O)[C@@H]3O)[C@H](O)[C@H]2NC(C)=O)[C@@H](CO)O[C@H]1O. The third kappa shape index (κ3) is 18.7. The monoisotopic (exact) mass is 1560 g/mol. The van der Waals surface area contributed by atoms with Gasteiger partial charge in [0.05, 0.1) is 59.5 Å². The fourth-order valence-corrected chi connectivity index (χ4v) is 13.6. The van der Waals surface area contributed by atoms with Gasteiger partial charge in [-0.25, -0.2) is 0 Å². The highest BCUT2D eigenvalue weighted by molar-refractivity contribution is 5.73. The van der Waals surface area contributed by atoms with E-state index in [-0.39, 0.29) is 0 Å². The van der Waals surface area contributed by atoms with Crippen LogP contribution in [0.1, 0.15) is 13.8 Å². The zero-order chi connectivity index (χ0) is 77.9. The second-order valence-electron chi connectivity index (χ2n) is 26.7. The number of carbonyl (C=O) groups is 2. The lowest BCUT2D eigenvalue weighted by atomic mass is 9.94. The van der Waals surface area contributed by atoms with Gasteiger partial charge in [-0.1, -0.05) is 0 Å². The van der Waals surface area contributed by atoms with Gasteiger partial charge in [0, 0.05) is 13.8 Å². The third-order valence-electron chi connectivity index (χ3n) is 19.5. The van der Waals surface area contributed by atoms with Crippen molar-refractivity contribution in [2.75, 3.05) is 59.5 Å². The normalized spacial score (nSPS) is 50.7. The maximum atomic E-state index is 12.9. The van der Waals surface area contributed by atoms with Crippen molar-refractivity contribution in [1.29, 1.82) is 0 Å². The van der Waals surface area contributed by atoms with Crippen LogP contribution < -0.4 is 10.6 Å². The summed E-state index contributed by atoms with van der Waals surface area (Å²) in [6.45, 7) is -7.77. The van der Waals surface area contributed by atoms with Crippen LogP contribution in [0.5, 0.6) is 0 Å². The van der Waals surface area contributed by atoms with Crippen molar-refractivity contribution >= 4 is 11.8 Å². The van der Waals surface area contributed by atoms with E-state index in [2.05, 4.69) is 10.6 Å². The Morgan fingerprint density at radius 2 is 0.604 bits per heavy atom. The Hall–Kier alpha value is -2.82. The van der Waals surface area contributed by atoms with E-state index in [9.17, 15) is 147 Å². The fraction of sp³-hybridized carbons (Fsp3) is 0.966. The lowest BCUT2D eigenvalue weighted by molar-refractivity contribution is -0.399. The fourth-order valence-electron chi connectivity index (χ4n) is 13.6. The van der Waals surface area contributed by atoms with Crippen molar-refractivity contribution in [3.8, 4) is 0 Å². The summed E-state index contributed by atoms with van der Waals surface area (Å²) in [5.41, 5.74) is 0. The van der Waals surface area contributed by atoms with Crippen LogP contribution in [0.4, 0.5) is 0 Å². The van der Waals surface area contributed by atoms with Gasteiger partial charge in [-0.3, -0.25) is 9.59 Å². The van der Waals surface area contributed by atoms with Crippen LogP contribution in [0.3, 0.4) is 0 Å². The summed E-state index contributed by atoms with van der Waals surface area (Å²) < 4.78 is 98.9. The second-order valence-corrected chi connectivity index (χ2v) is 26.7. The maximum absolute atomic E-state index is 12.9. The van der Waals surface area contributed by atoms with Gasteiger partial charge in [0.15, 0.2) is 56.6 Å². The Morgan fingerprint density at radius 1 is 0.292 bits per heavy atom. The molecule has 0 saturated carbocycles.